The lowest BCUT2D eigenvalue weighted by Crippen LogP contribution is -2.41. The monoisotopic (exact) mass is 355 g/mol. The number of carbonyl (C=O) groups is 1. The molecule has 1 saturated heterocycles. The van der Waals surface area contributed by atoms with Gasteiger partial charge in [0.1, 0.15) is 0 Å². The molecular formula is C16H25N3O4S. The number of unbranched alkanes of at least 4 members (excludes halogenated alkanes) is 3. The molecule has 1 amide bonds. The molecule has 1 aromatic rings. The lowest BCUT2D eigenvalue weighted by molar-refractivity contribution is -0.132. The molecule has 1 aliphatic heterocycles. The molecule has 2 N–H and O–H groups in total. The van der Waals surface area contributed by atoms with E-state index in [9.17, 15) is 14.7 Å². The number of carbonyl (C=O) groups excluding carboxylic acids is 1. The first-order valence-electron chi connectivity index (χ1n) is 8.42. The third-order valence-electron chi connectivity index (χ3n) is 3.95. The van der Waals surface area contributed by atoms with E-state index in [1.54, 1.807) is 4.90 Å². The predicted octanol–water partition coefficient (Wildman–Crippen LogP) is 1.55. The van der Waals surface area contributed by atoms with Gasteiger partial charge in [0.25, 0.3) is 5.56 Å². The van der Waals surface area contributed by atoms with Crippen molar-refractivity contribution in [2.24, 2.45) is 0 Å². The zero-order valence-corrected chi connectivity index (χ0v) is 14.9. The predicted molar refractivity (Wildman–Crippen MR) is 92.5 cm³/mol. The van der Waals surface area contributed by atoms with E-state index in [1.807, 2.05) is 0 Å². The van der Waals surface area contributed by atoms with E-state index in [2.05, 4.69) is 16.9 Å². The van der Waals surface area contributed by atoms with Crippen LogP contribution in [0, 0.1) is 0 Å². The first-order chi connectivity index (χ1) is 11.6. The van der Waals surface area contributed by atoms with Crippen LogP contribution >= 0.6 is 11.8 Å². The van der Waals surface area contributed by atoms with Gasteiger partial charge in [-0.15, -0.1) is 0 Å². The van der Waals surface area contributed by atoms with E-state index in [4.69, 9.17) is 4.74 Å². The Balaban J connectivity index is 1.89. The van der Waals surface area contributed by atoms with E-state index >= 15 is 0 Å². The molecule has 0 spiro atoms. The molecule has 134 valence electrons. The zero-order chi connectivity index (χ0) is 17.4. The lowest BCUT2D eigenvalue weighted by Gasteiger charge is -2.26. The van der Waals surface area contributed by atoms with Crippen molar-refractivity contribution in [3.63, 3.8) is 0 Å². The second-order valence-corrected chi connectivity index (χ2v) is 6.73. The summed E-state index contributed by atoms with van der Waals surface area (Å²) in [6.07, 6.45) is 4.64. The zero-order valence-electron chi connectivity index (χ0n) is 14.0. The highest BCUT2D eigenvalue weighted by atomic mass is 32.2. The third kappa shape index (κ3) is 5.52. The van der Waals surface area contributed by atoms with Gasteiger partial charge in [-0.05, 0) is 12.8 Å². The van der Waals surface area contributed by atoms with Crippen LogP contribution in [-0.4, -0.2) is 57.9 Å². The average Bonchev–Trinajstić information content (AvgIpc) is 2.59. The molecule has 1 fully saturated rings. The van der Waals surface area contributed by atoms with Gasteiger partial charge in [-0.1, -0.05) is 37.9 Å². The Kier molecular flexibility index (Phi) is 7.58. The summed E-state index contributed by atoms with van der Waals surface area (Å²) in [5.74, 6) is -0.0660. The van der Waals surface area contributed by atoms with Gasteiger partial charge in [-0.2, -0.15) is 4.98 Å². The van der Waals surface area contributed by atoms with Gasteiger partial charge < -0.3 is 19.7 Å². The van der Waals surface area contributed by atoms with Crippen LogP contribution in [0.25, 0.3) is 0 Å². The molecular weight excluding hydrogens is 330 g/mol. The molecule has 0 saturated carbocycles. The van der Waals surface area contributed by atoms with E-state index in [-0.39, 0.29) is 28.3 Å². The van der Waals surface area contributed by atoms with E-state index in [0.29, 0.717) is 38.3 Å². The minimum absolute atomic E-state index is 0.0194. The number of nitrogens with zero attached hydrogens (tertiary/aromatic N) is 2. The van der Waals surface area contributed by atoms with Crippen molar-refractivity contribution in [3.8, 4) is 5.88 Å². The number of rotatable bonds is 8. The summed E-state index contributed by atoms with van der Waals surface area (Å²) < 4.78 is 5.21. The number of aromatic hydroxyl groups is 1. The van der Waals surface area contributed by atoms with Gasteiger partial charge in [-0.25, -0.2) is 0 Å². The molecule has 0 atom stereocenters. The van der Waals surface area contributed by atoms with E-state index < -0.39 is 0 Å². The maximum atomic E-state index is 12.1. The van der Waals surface area contributed by atoms with Crippen LogP contribution in [0.2, 0.25) is 0 Å². The molecule has 1 aliphatic rings. The number of thioether (sulfide) groups is 1. The molecule has 8 heteroatoms. The number of nitrogens with one attached hydrogen (secondary N) is 1. The Morgan fingerprint density at radius 3 is 2.75 bits per heavy atom. The fourth-order valence-electron chi connectivity index (χ4n) is 2.52. The maximum absolute atomic E-state index is 12.1. The first kappa shape index (κ1) is 18.8. The number of ether oxygens (including phenoxy) is 1. The fourth-order valence-corrected chi connectivity index (χ4v) is 3.28. The van der Waals surface area contributed by atoms with Crippen LogP contribution < -0.4 is 5.56 Å². The minimum Gasteiger partial charge on any atom is -0.493 e. The van der Waals surface area contributed by atoms with Crippen molar-refractivity contribution in [2.75, 3.05) is 32.1 Å². The van der Waals surface area contributed by atoms with Gasteiger partial charge in [0.2, 0.25) is 11.8 Å². The highest BCUT2D eigenvalue weighted by molar-refractivity contribution is 7.99. The summed E-state index contributed by atoms with van der Waals surface area (Å²) in [7, 11) is 0. The Bertz CT molecular complexity index is 599. The molecule has 24 heavy (non-hydrogen) atoms. The molecule has 0 aromatic carbocycles. The van der Waals surface area contributed by atoms with Crippen molar-refractivity contribution < 1.29 is 14.6 Å². The molecule has 0 unspecified atom stereocenters. The first-order valence-corrected chi connectivity index (χ1v) is 9.41. The lowest BCUT2D eigenvalue weighted by atomic mass is 10.1. The largest absolute Gasteiger partial charge is 0.493 e. The van der Waals surface area contributed by atoms with Gasteiger partial charge in [-0.3, -0.25) is 9.59 Å². The van der Waals surface area contributed by atoms with Gasteiger partial charge in [0.05, 0.1) is 24.5 Å². The van der Waals surface area contributed by atoms with Crippen LogP contribution in [-0.2, 0) is 16.0 Å². The van der Waals surface area contributed by atoms with Crippen LogP contribution in [0.4, 0.5) is 0 Å². The van der Waals surface area contributed by atoms with Gasteiger partial charge in [0.15, 0.2) is 5.16 Å². The Morgan fingerprint density at radius 2 is 2.08 bits per heavy atom. The molecule has 0 bridgehead atoms. The SMILES string of the molecule is CCCCCCc1c(O)nc(SCC(=O)N2CCOCC2)[nH]c1=O. The molecule has 1 aromatic heterocycles. The standard InChI is InChI=1S/C16H25N3O4S/c1-2-3-4-5-6-12-14(21)17-16(18-15(12)22)24-11-13(20)19-7-9-23-10-8-19/h2-11H2,1H3,(H2,17,18,21,22). The summed E-state index contributed by atoms with van der Waals surface area (Å²) >= 11 is 1.13. The van der Waals surface area contributed by atoms with Crippen molar-refractivity contribution in [3.05, 3.63) is 15.9 Å². The summed E-state index contributed by atoms with van der Waals surface area (Å²) in [4.78, 5) is 32.6. The number of aromatic amines is 1. The summed E-state index contributed by atoms with van der Waals surface area (Å²) in [6.45, 7) is 4.41. The van der Waals surface area contributed by atoms with Gasteiger partial charge in [0, 0.05) is 13.1 Å². The van der Waals surface area contributed by atoms with Crippen molar-refractivity contribution in [1.82, 2.24) is 14.9 Å². The van der Waals surface area contributed by atoms with Gasteiger partial charge >= 0.3 is 0 Å². The Morgan fingerprint density at radius 1 is 1.33 bits per heavy atom. The van der Waals surface area contributed by atoms with E-state index in [1.165, 1.54) is 0 Å². The number of hydrogen-bond donors (Lipinski definition) is 2. The van der Waals surface area contributed by atoms with E-state index in [0.717, 1.165) is 37.4 Å². The molecule has 2 rings (SSSR count). The van der Waals surface area contributed by atoms with Crippen LogP contribution in [0.3, 0.4) is 0 Å². The smallest absolute Gasteiger partial charge is 0.258 e. The molecule has 7 nitrogen and oxygen atoms in total. The number of amides is 1. The highest BCUT2D eigenvalue weighted by Crippen LogP contribution is 2.18. The summed E-state index contributed by atoms with van der Waals surface area (Å²) in [5.41, 5.74) is 0.00952. The normalized spacial score (nSPS) is 14.8. The summed E-state index contributed by atoms with van der Waals surface area (Å²) in [5, 5.41) is 10.3. The highest BCUT2D eigenvalue weighted by Gasteiger charge is 2.18. The van der Waals surface area contributed by atoms with Crippen molar-refractivity contribution in [1.29, 1.82) is 0 Å². The number of hydrogen-bond acceptors (Lipinski definition) is 6. The minimum atomic E-state index is -0.319. The number of H-pyrrole nitrogens is 1. The molecule has 0 radical (unpaired) electrons. The average molecular weight is 355 g/mol. The molecule has 0 aliphatic carbocycles. The Labute approximate surface area is 145 Å². The fraction of sp³-hybridized carbons (Fsp3) is 0.688. The van der Waals surface area contributed by atoms with Crippen LogP contribution in [0.1, 0.15) is 38.2 Å². The van der Waals surface area contributed by atoms with Crippen molar-refractivity contribution in [2.45, 2.75) is 44.2 Å². The third-order valence-corrected chi connectivity index (χ3v) is 4.81. The van der Waals surface area contributed by atoms with Crippen LogP contribution in [0.15, 0.2) is 9.95 Å². The van der Waals surface area contributed by atoms with Crippen molar-refractivity contribution >= 4 is 17.7 Å². The Hall–Kier alpha value is -1.54. The maximum Gasteiger partial charge on any atom is 0.258 e. The quantitative estimate of drug-likeness (QED) is 0.417. The second kappa shape index (κ2) is 9.68. The summed E-state index contributed by atoms with van der Waals surface area (Å²) in [6, 6.07) is 0. The number of aromatic nitrogens is 2. The molecule has 2 heterocycles. The second-order valence-electron chi connectivity index (χ2n) is 5.77. The van der Waals surface area contributed by atoms with Crippen LogP contribution in [0.5, 0.6) is 5.88 Å². The topological polar surface area (TPSA) is 95.5 Å². The number of morpholine rings is 1.